The summed E-state index contributed by atoms with van der Waals surface area (Å²) in [6.07, 6.45) is 1.31. The van der Waals surface area contributed by atoms with Gasteiger partial charge in [0.15, 0.2) is 0 Å². The summed E-state index contributed by atoms with van der Waals surface area (Å²) < 4.78 is 0. The van der Waals surface area contributed by atoms with Crippen molar-refractivity contribution >= 4 is 35.3 Å². The number of aromatic hydroxyl groups is 1. The molecule has 0 fully saturated rings. The summed E-state index contributed by atoms with van der Waals surface area (Å²) in [4.78, 5) is 23.3. The smallest absolute Gasteiger partial charge is 0.329 e. The molecule has 112 valence electrons. The van der Waals surface area contributed by atoms with Gasteiger partial charge in [0, 0.05) is 0 Å². The van der Waals surface area contributed by atoms with Crippen LogP contribution in [0.5, 0.6) is 5.75 Å². The van der Waals surface area contributed by atoms with Gasteiger partial charge in [-0.1, -0.05) is 35.9 Å². The minimum absolute atomic E-state index is 0.0757. The maximum Gasteiger partial charge on any atom is 0.329 e. The van der Waals surface area contributed by atoms with E-state index in [0.29, 0.717) is 16.3 Å². The highest BCUT2D eigenvalue weighted by Crippen LogP contribution is 2.20. The third-order valence-electron chi connectivity index (χ3n) is 2.58. The van der Waals surface area contributed by atoms with Crippen LogP contribution in [0.25, 0.3) is 0 Å². The van der Waals surface area contributed by atoms with Crippen molar-refractivity contribution in [2.45, 2.75) is 0 Å². The van der Waals surface area contributed by atoms with E-state index >= 15 is 0 Å². The number of para-hydroxylation sites is 1. The summed E-state index contributed by atoms with van der Waals surface area (Å²) in [5.41, 5.74) is 2.99. The molecule has 0 bridgehead atoms. The molecule has 2 aromatic carbocycles. The van der Waals surface area contributed by atoms with Crippen LogP contribution in [0.2, 0.25) is 5.02 Å². The Bertz CT molecular complexity index is 731. The van der Waals surface area contributed by atoms with Crippen LogP contribution in [0.4, 0.5) is 5.69 Å². The van der Waals surface area contributed by atoms with Crippen molar-refractivity contribution in [3.63, 3.8) is 0 Å². The number of hydrazone groups is 1. The second kappa shape index (κ2) is 7.24. The van der Waals surface area contributed by atoms with Crippen molar-refractivity contribution < 1.29 is 14.7 Å². The minimum Gasteiger partial charge on any atom is -0.508 e. The molecular formula is C15H12ClN3O3. The molecule has 0 spiro atoms. The number of anilines is 1. The van der Waals surface area contributed by atoms with Crippen LogP contribution in [-0.4, -0.2) is 23.1 Å². The second-order valence-corrected chi connectivity index (χ2v) is 4.64. The molecule has 2 rings (SSSR count). The van der Waals surface area contributed by atoms with Crippen molar-refractivity contribution in [2.75, 3.05) is 5.32 Å². The quantitative estimate of drug-likeness (QED) is 0.460. The molecule has 2 amide bonds. The first kappa shape index (κ1) is 15.5. The average molecular weight is 318 g/mol. The van der Waals surface area contributed by atoms with Gasteiger partial charge in [0.2, 0.25) is 0 Å². The highest BCUT2D eigenvalue weighted by Gasteiger charge is 2.13. The van der Waals surface area contributed by atoms with Crippen LogP contribution in [-0.2, 0) is 9.59 Å². The Morgan fingerprint density at radius 3 is 2.59 bits per heavy atom. The zero-order valence-corrected chi connectivity index (χ0v) is 12.0. The molecule has 0 aliphatic heterocycles. The molecule has 0 aliphatic carbocycles. The Kier molecular flexibility index (Phi) is 5.11. The zero-order chi connectivity index (χ0) is 15.9. The number of nitrogens with one attached hydrogen (secondary N) is 2. The highest BCUT2D eigenvalue weighted by molar-refractivity contribution is 6.41. The van der Waals surface area contributed by atoms with E-state index in [2.05, 4.69) is 15.8 Å². The molecule has 7 heteroatoms. The molecule has 0 aromatic heterocycles. The number of nitrogens with zero attached hydrogens (tertiary/aromatic N) is 1. The molecule has 3 N–H and O–H groups in total. The van der Waals surface area contributed by atoms with Gasteiger partial charge in [0.25, 0.3) is 0 Å². The van der Waals surface area contributed by atoms with Crippen LogP contribution >= 0.6 is 11.6 Å². The molecule has 22 heavy (non-hydrogen) atoms. The van der Waals surface area contributed by atoms with Crippen LogP contribution < -0.4 is 10.7 Å². The number of hydrogen-bond acceptors (Lipinski definition) is 4. The van der Waals surface area contributed by atoms with Gasteiger partial charge in [0.05, 0.1) is 16.9 Å². The van der Waals surface area contributed by atoms with Crippen molar-refractivity contribution in [3.05, 3.63) is 59.1 Å². The van der Waals surface area contributed by atoms with E-state index in [1.54, 1.807) is 36.4 Å². The lowest BCUT2D eigenvalue weighted by molar-refractivity contribution is -0.136. The summed E-state index contributed by atoms with van der Waals surface area (Å²) in [6, 6.07) is 12.8. The largest absolute Gasteiger partial charge is 0.508 e. The third-order valence-corrected chi connectivity index (χ3v) is 2.91. The Hall–Kier alpha value is -2.86. The molecule has 2 aromatic rings. The summed E-state index contributed by atoms with van der Waals surface area (Å²) in [7, 11) is 0. The van der Waals surface area contributed by atoms with Gasteiger partial charge in [-0.2, -0.15) is 5.10 Å². The Balaban J connectivity index is 1.92. The first-order valence-electron chi connectivity index (χ1n) is 6.24. The fourth-order valence-corrected chi connectivity index (χ4v) is 1.75. The summed E-state index contributed by atoms with van der Waals surface area (Å²) in [5.74, 6) is -1.75. The van der Waals surface area contributed by atoms with Crippen LogP contribution in [0.1, 0.15) is 5.56 Å². The number of phenolic OH excluding ortho intramolecular Hbond substituents is 1. The first-order valence-corrected chi connectivity index (χ1v) is 6.62. The van der Waals surface area contributed by atoms with Crippen molar-refractivity contribution in [3.8, 4) is 5.75 Å². The number of carbonyl (C=O) groups is 2. The van der Waals surface area contributed by atoms with E-state index < -0.39 is 11.8 Å². The predicted octanol–water partition coefficient (Wildman–Crippen LogP) is 2.13. The fraction of sp³-hybridized carbons (Fsp3) is 0. The molecule has 0 saturated carbocycles. The van der Waals surface area contributed by atoms with E-state index in [1.807, 2.05) is 0 Å². The molecule has 0 heterocycles. The normalized spacial score (nSPS) is 10.4. The molecular weight excluding hydrogens is 306 g/mol. The lowest BCUT2D eigenvalue weighted by atomic mass is 10.2. The molecule has 0 aliphatic rings. The Morgan fingerprint density at radius 2 is 1.86 bits per heavy atom. The van der Waals surface area contributed by atoms with Gasteiger partial charge in [-0.15, -0.1) is 0 Å². The number of halogens is 1. The monoisotopic (exact) mass is 317 g/mol. The van der Waals surface area contributed by atoms with Gasteiger partial charge >= 0.3 is 11.8 Å². The third kappa shape index (κ3) is 4.32. The molecule has 0 radical (unpaired) electrons. The fourth-order valence-electron chi connectivity index (χ4n) is 1.56. The van der Waals surface area contributed by atoms with Gasteiger partial charge < -0.3 is 10.4 Å². The van der Waals surface area contributed by atoms with Gasteiger partial charge in [-0.3, -0.25) is 9.59 Å². The van der Waals surface area contributed by atoms with Crippen LogP contribution in [0.15, 0.2) is 53.6 Å². The predicted molar refractivity (Wildman–Crippen MR) is 83.9 cm³/mol. The topological polar surface area (TPSA) is 90.8 Å². The van der Waals surface area contributed by atoms with Gasteiger partial charge in [-0.05, 0) is 29.8 Å². The zero-order valence-electron chi connectivity index (χ0n) is 11.3. The SMILES string of the molecule is O=C(NN=Cc1cccc(O)c1)C(=O)Nc1ccccc1Cl. The molecule has 0 unspecified atom stereocenters. The number of hydrogen-bond donors (Lipinski definition) is 3. The molecule has 6 nitrogen and oxygen atoms in total. The molecule has 0 saturated heterocycles. The highest BCUT2D eigenvalue weighted by atomic mass is 35.5. The second-order valence-electron chi connectivity index (χ2n) is 4.23. The van der Waals surface area contributed by atoms with Crippen molar-refractivity contribution in [2.24, 2.45) is 5.10 Å². The van der Waals surface area contributed by atoms with E-state index in [1.165, 1.54) is 18.3 Å². The van der Waals surface area contributed by atoms with Gasteiger partial charge in [0.1, 0.15) is 5.75 Å². The summed E-state index contributed by atoms with van der Waals surface area (Å²) >= 11 is 5.87. The number of carbonyl (C=O) groups excluding carboxylic acids is 2. The summed E-state index contributed by atoms with van der Waals surface area (Å²) in [6.45, 7) is 0. The maximum atomic E-state index is 11.7. The number of amides is 2. The Morgan fingerprint density at radius 1 is 1.09 bits per heavy atom. The maximum absolute atomic E-state index is 11.7. The van der Waals surface area contributed by atoms with Gasteiger partial charge in [-0.25, -0.2) is 5.43 Å². The first-order chi connectivity index (χ1) is 10.6. The van der Waals surface area contributed by atoms with E-state index in [-0.39, 0.29) is 5.75 Å². The van der Waals surface area contributed by atoms with E-state index in [9.17, 15) is 14.7 Å². The van der Waals surface area contributed by atoms with Crippen LogP contribution in [0, 0.1) is 0 Å². The van der Waals surface area contributed by atoms with E-state index in [4.69, 9.17) is 11.6 Å². The lowest BCUT2D eigenvalue weighted by Gasteiger charge is -2.05. The average Bonchev–Trinajstić information content (AvgIpc) is 2.49. The lowest BCUT2D eigenvalue weighted by Crippen LogP contribution is -2.32. The number of rotatable bonds is 3. The van der Waals surface area contributed by atoms with Crippen molar-refractivity contribution in [1.82, 2.24) is 5.43 Å². The number of phenols is 1. The van der Waals surface area contributed by atoms with E-state index in [0.717, 1.165) is 0 Å². The number of benzene rings is 2. The Labute approximate surface area is 131 Å². The molecule has 0 atom stereocenters. The van der Waals surface area contributed by atoms with Crippen LogP contribution in [0.3, 0.4) is 0 Å². The summed E-state index contributed by atoms with van der Waals surface area (Å²) in [5, 5.41) is 15.6. The standard InChI is InChI=1S/C15H12ClN3O3/c16-12-6-1-2-7-13(12)18-14(21)15(22)19-17-9-10-4-3-5-11(20)8-10/h1-9,20H,(H,18,21)(H,19,22). The van der Waals surface area contributed by atoms with Crippen molar-refractivity contribution in [1.29, 1.82) is 0 Å². The minimum atomic E-state index is -0.934.